The normalized spacial score (nSPS) is 11.4. The topological polar surface area (TPSA) is 30.0 Å². The number of hydrogen-bond donors (Lipinski definition) is 0. The van der Waals surface area contributed by atoms with E-state index in [2.05, 4.69) is 20.9 Å². The molecule has 0 fully saturated rings. The maximum atomic E-state index is 12.8. The number of pyridine rings is 1. The van der Waals surface area contributed by atoms with E-state index in [0.29, 0.717) is 5.69 Å². The smallest absolute Gasteiger partial charge is 0.294 e. The largest absolute Gasteiger partial charge is 0.417 e. The number of benzene rings is 1. The Morgan fingerprint density at radius 3 is 2.55 bits per heavy atom. The number of alkyl halides is 3. The van der Waals surface area contributed by atoms with Gasteiger partial charge in [-0.3, -0.25) is 9.78 Å². The highest BCUT2D eigenvalue weighted by molar-refractivity contribution is 9.10. The van der Waals surface area contributed by atoms with E-state index < -0.39 is 17.5 Å². The Kier molecular flexibility index (Phi) is 4.23. The second kappa shape index (κ2) is 5.75. The molecule has 0 aliphatic carbocycles. The minimum Gasteiger partial charge on any atom is -0.294 e. The van der Waals surface area contributed by atoms with E-state index in [4.69, 9.17) is 0 Å². The molecule has 0 radical (unpaired) electrons. The van der Waals surface area contributed by atoms with Gasteiger partial charge in [0.1, 0.15) is 0 Å². The van der Waals surface area contributed by atoms with Crippen LogP contribution in [0.3, 0.4) is 0 Å². The lowest BCUT2D eigenvalue weighted by molar-refractivity contribution is -0.138. The fourth-order valence-corrected chi connectivity index (χ4v) is 2.16. The van der Waals surface area contributed by atoms with Crippen LogP contribution in [0.5, 0.6) is 0 Å². The van der Waals surface area contributed by atoms with Crippen molar-refractivity contribution in [1.82, 2.24) is 4.98 Å². The van der Waals surface area contributed by atoms with Crippen molar-refractivity contribution < 1.29 is 18.0 Å². The van der Waals surface area contributed by atoms with Gasteiger partial charge in [-0.1, -0.05) is 28.1 Å². The third kappa shape index (κ3) is 3.45. The summed E-state index contributed by atoms with van der Waals surface area (Å²) in [5.74, 6) is -0.401. The number of hydrogen-bond acceptors (Lipinski definition) is 2. The van der Waals surface area contributed by atoms with Gasteiger partial charge >= 0.3 is 6.18 Å². The van der Waals surface area contributed by atoms with Crippen molar-refractivity contribution in [1.29, 1.82) is 0 Å². The van der Waals surface area contributed by atoms with Crippen LogP contribution in [0.4, 0.5) is 13.2 Å². The van der Waals surface area contributed by atoms with Crippen LogP contribution in [0.1, 0.15) is 21.6 Å². The monoisotopic (exact) mass is 343 g/mol. The van der Waals surface area contributed by atoms with E-state index >= 15 is 0 Å². The highest BCUT2D eigenvalue weighted by atomic mass is 79.9. The molecule has 0 unspecified atom stereocenters. The molecular formula is C14H9BrF3NO. The van der Waals surface area contributed by atoms with E-state index in [-0.39, 0.29) is 16.5 Å². The molecule has 2 rings (SSSR count). The minimum absolute atomic E-state index is 0.0196. The van der Waals surface area contributed by atoms with Gasteiger partial charge in [0.25, 0.3) is 0 Å². The summed E-state index contributed by atoms with van der Waals surface area (Å²) < 4.78 is 38.2. The molecule has 1 aromatic carbocycles. The van der Waals surface area contributed by atoms with Crippen molar-refractivity contribution in [2.75, 3.05) is 0 Å². The highest BCUT2D eigenvalue weighted by Gasteiger charge is 2.33. The van der Waals surface area contributed by atoms with Crippen molar-refractivity contribution in [3.63, 3.8) is 0 Å². The molecule has 6 heteroatoms. The zero-order chi connectivity index (χ0) is 14.8. The molecule has 0 atom stereocenters. The quantitative estimate of drug-likeness (QED) is 0.778. The Hall–Kier alpha value is -1.69. The van der Waals surface area contributed by atoms with Crippen LogP contribution in [-0.4, -0.2) is 10.8 Å². The van der Waals surface area contributed by atoms with E-state index in [1.807, 2.05) is 0 Å². The second-order valence-corrected chi connectivity index (χ2v) is 4.97. The van der Waals surface area contributed by atoms with E-state index in [1.165, 1.54) is 18.3 Å². The SMILES string of the molecule is O=C(Cc1ccccn1)c1ccc(Br)c(C(F)(F)F)c1. The van der Waals surface area contributed by atoms with Crippen LogP contribution < -0.4 is 0 Å². The van der Waals surface area contributed by atoms with Crippen molar-refractivity contribution in [2.45, 2.75) is 12.6 Å². The summed E-state index contributed by atoms with van der Waals surface area (Å²) in [5, 5.41) is 0. The zero-order valence-corrected chi connectivity index (χ0v) is 11.7. The van der Waals surface area contributed by atoms with Crippen LogP contribution in [0, 0.1) is 0 Å². The number of Topliss-reactive ketones (excluding diaryl/α,β-unsaturated/α-hetero) is 1. The summed E-state index contributed by atoms with van der Waals surface area (Å²) in [7, 11) is 0. The van der Waals surface area contributed by atoms with Crippen molar-refractivity contribution in [3.8, 4) is 0 Å². The first-order valence-corrected chi connectivity index (χ1v) is 6.47. The van der Waals surface area contributed by atoms with Crippen LogP contribution in [-0.2, 0) is 12.6 Å². The van der Waals surface area contributed by atoms with Gasteiger partial charge in [0, 0.05) is 21.9 Å². The summed E-state index contributed by atoms with van der Waals surface area (Å²) in [6.07, 6.45) is -2.99. The molecule has 20 heavy (non-hydrogen) atoms. The summed E-state index contributed by atoms with van der Waals surface area (Å²) in [6, 6.07) is 8.53. The van der Waals surface area contributed by atoms with Gasteiger partial charge in [-0.25, -0.2) is 0 Å². The Morgan fingerprint density at radius 1 is 1.20 bits per heavy atom. The number of carbonyl (C=O) groups is 1. The predicted molar refractivity (Wildman–Crippen MR) is 71.4 cm³/mol. The minimum atomic E-state index is -4.50. The molecule has 2 nitrogen and oxygen atoms in total. The van der Waals surface area contributed by atoms with E-state index in [1.54, 1.807) is 18.2 Å². The van der Waals surface area contributed by atoms with Gasteiger partial charge in [-0.05, 0) is 24.3 Å². The van der Waals surface area contributed by atoms with Gasteiger partial charge in [0.15, 0.2) is 5.78 Å². The Labute approximate surface area is 121 Å². The summed E-state index contributed by atoms with van der Waals surface area (Å²) >= 11 is 2.84. The molecular weight excluding hydrogens is 335 g/mol. The molecule has 0 spiro atoms. The molecule has 104 valence electrons. The van der Waals surface area contributed by atoms with Gasteiger partial charge < -0.3 is 0 Å². The maximum absolute atomic E-state index is 12.8. The van der Waals surface area contributed by atoms with Gasteiger partial charge in [0.05, 0.1) is 12.0 Å². The Balaban J connectivity index is 2.27. The maximum Gasteiger partial charge on any atom is 0.417 e. The first kappa shape index (κ1) is 14.7. The van der Waals surface area contributed by atoms with Crippen molar-refractivity contribution >= 4 is 21.7 Å². The molecule has 0 N–H and O–H groups in total. The van der Waals surface area contributed by atoms with E-state index in [9.17, 15) is 18.0 Å². The molecule has 0 amide bonds. The number of ketones is 1. The lowest BCUT2D eigenvalue weighted by Crippen LogP contribution is -2.10. The number of carbonyl (C=O) groups excluding carboxylic acids is 1. The number of nitrogens with zero attached hydrogens (tertiary/aromatic N) is 1. The third-order valence-electron chi connectivity index (χ3n) is 2.66. The zero-order valence-electron chi connectivity index (χ0n) is 10.1. The second-order valence-electron chi connectivity index (χ2n) is 4.11. The van der Waals surface area contributed by atoms with Crippen molar-refractivity contribution in [2.24, 2.45) is 0 Å². The van der Waals surface area contributed by atoms with Gasteiger partial charge in [0.2, 0.25) is 0 Å². The third-order valence-corrected chi connectivity index (χ3v) is 3.35. The van der Waals surface area contributed by atoms with Gasteiger partial charge in [-0.15, -0.1) is 0 Å². The van der Waals surface area contributed by atoms with Crippen LogP contribution in [0.2, 0.25) is 0 Å². The summed E-state index contributed by atoms with van der Waals surface area (Å²) in [5.41, 5.74) is -0.315. The molecule has 1 aromatic heterocycles. The first-order valence-electron chi connectivity index (χ1n) is 5.68. The first-order chi connectivity index (χ1) is 9.38. The van der Waals surface area contributed by atoms with Gasteiger partial charge in [-0.2, -0.15) is 13.2 Å². The van der Waals surface area contributed by atoms with Crippen LogP contribution in [0.15, 0.2) is 47.1 Å². The molecule has 2 aromatic rings. The predicted octanol–water partition coefficient (Wildman–Crippen LogP) is 4.29. The fraction of sp³-hybridized carbons (Fsp3) is 0.143. The average Bonchev–Trinajstić information content (AvgIpc) is 2.39. The molecule has 0 bridgehead atoms. The lowest BCUT2D eigenvalue weighted by atomic mass is 10.0. The van der Waals surface area contributed by atoms with Crippen LogP contribution >= 0.6 is 15.9 Å². The number of halogens is 4. The molecule has 0 aliphatic heterocycles. The van der Waals surface area contributed by atoms with E-state index in [0.717, 1.165) is 6.07 Å². The standard InChI is InChI=1S/C14H9BrF3NO/c15-12-5-4-9(7-11(12)14(16,17)18)13(20)8-10-3-1-2-6-19-10/h1-7H,8H2. The molecule has 0 aliphatic rings. The number of aromatic nitrogens is 1. The summed E-state index contributed by atoms with van der Waals surface area (Å²) in [6.45, 7) is 0. The number of rotatable bonds is 3. The Morgan fingerprint density at radius 2 is 1.95 bits per heavy atom. The molecule has 1 heterocycles. The van der Waals surface area contributed by atoms with Crippen molar-refractivity contribution in [3.05, 3.63) is 63.9 Å². The molecule has 0 saturated heterocycles. The Bertz CT molecular complexity index is 626. The summed E-state index contributed by atoms with van der Waals surface area (Å²) in [4.78, 5) is 16.0. The lowest BCUT2D eigenvalue weighted by Gasteiger charge is -2.10. The van der Waals surface area contributed by atoms with Crippen LogP contribution in [0.25, 0.3) is 0 Å². The fourth-order valence-electron chi connectivity index (χ4n) is 1.69. The highest BCUT2D eigenvalue weighted by Crippen LogP contribution is 2.35. The average molecular weight is 344 g/mol. The molecule has 0 saturated carbocycles.